The van der Waals surface area contributed by atoms with E-state index in [1.807, 2.05) is 0 Å². The summed E-state index contributed by atoms with van der Waals surface area (Å²) in [7, 11) is 0. The van der Waals surface area contributed by atoms with Crippen LogP contribution < -0.4 is 11.2 Å². The number of hydrogen-bond donors (Lipinski definition) is 2. The van der Waals surface area contributed by atoms with Crippen LogP contribution in [0.15, 0.2) is 5.10 Å². The van der Waals surface area contributed by atoms with E-state index in [1.54, 1.807) is 6.92 Å². The van der Waals surface area contributed by atoms with Crippen molar-refractivity contribution in [2.75, 3.05) is 0 Å². The van der Waals surface area contributed by atoms with Gasteiger partial charge < -0.3 is 5.73 Å². The molecule has 0 saturated heterocycles. The molecule has 3 N–H and O–H groups in total. The van der Waals surface area contributed by atoms with Crippen LogP contribution in [-0.4, -0.2) is 18.2 Å². The minimum Gasteiger partial charge on any atom is -0.323 e. The van der Waals surface area contributed by atoms with E-state index in [0.29, 0.717) is 0 Å². The summed E-state index contributed by atoms with van der Waals surface area (Å²) in [5.41, 5.74) is 7.51. The normalized spacial score (nSPS) is 13.7. The fourth-order valence-corrected chi connectivity index (χ4v) is 0.246. The molecule has 4 heteroatoms. The highest BCUT2D eigenvalue weighted by molar-refractivity contribution is 5.74. The first-order chi connectivity index (χ1) is 4.13. The Bertz CT molecular complexity index is 119. The molecule has 0 radical (unpaired) electrons. The second kappa shape index (κ2) is 4.03. The molecule has 0 aliphatic heterocycles. The Balaban J connectivity index is 3.36. The quantitative estimate of drug-likeness (QED) is 0.388. The van der Waals surface area contributed by atoms with Gasteiger partial charge in [-0.1, -0.05) is 0 Å². The molecular formula is C5H11N3O. The van der Waals surface area contributed by atoms with Crippen LogP contribution in [-0.2, 0) is 4.79 Å². The molecule has 0 aliphatic rings. The first-order valence-electron chi connectivity index (χ1n) is 2.68. The number of nitrogens with zero attached hydrogens (tertiary/aromatic N) is 1. The minimum atomic E-state index is -0.188. The highest BCUT2D eigenvalue weighted by atomic mass is 16.2. The Morgan fingerprint density at radius 1 is 1.89 bits per heavy atom. The number of carbonyl (C=O) groups excluding carboxylic acids is 1. The van der Waals surface area contributed by atoms with Crippen molar-refractivity contribution in [1.82, 2.24) is 5.43 Å². The standard InChI is InChI=1S/C5H11N3O/c1-4(6)3-7-8-5(2)9/h3-4H,6H2,1-2H3,(H,8,9)/b7-3+. The summed E-state index contributed by atoms with van der Waals surface area (Å²) in [6.07, 6.45) is 1.46. The molecule has 0 aromatic carbocycles. The predicted molar refractivity (Wildman–Crippen MR) is 36.0 cm³/mol. The third kappa shape index (κ3) is 7.10. The topological polar surface area (TPSA) is 67.5 Å². The molecular weight excluding hydrogens is 118 g/mol. The number of rotatable bonds is 2. The van der Waals surface area contributed by atoms with Crippen molar-refractivity contribution >= 4 is 12.1 Å². The molecule has 52 valence electrons. The molecule has 1 unspecified atom stereocenters. The van der Waals surface area contributed by atoms with Gasteiger partial charge >= 0.3 is 0 Å². The molecule has 0 bridgehead atoms. The van der Waals surface area contributed by atoms with Gasteiger partial charge in [0.15, 0.2) is 0 Å². The van der Waals surface area contributed by atoms with Crippen LogP contribution in [0.1, 0.15) is 13.8 Å². The summed E-state index contributed by atoms with van der Waals surface area (Å²) in [5, 5.41) is 3.52. The summed E-state index contributed by atoms with van der Waals surface area (Å²) in [4.78, 5) is 10.2. The molecule has 0 aromatic rings. The second-order valence-corrected chi connectivity index (χ2v) is 1.81. The van der Waals surface area contributed by atoms with Crippen molar-refractivity contribution in [3.63, 3.8) is 0 Å². The Morgan fingerprint density at radius 2 is 2.44 bits per heavy atom. The Morgan fingerprint density at radius 3 is 2.78 bits per heavy atom. The molecule has 0 rings (SSSR count). The van der Waals surface area contributed by atoms with E-state index in [1.165, 1.54) is 13.1 Å². The zero-order chi connectivity index (χ0) is 7.28. The first kappa shape index (κ1) is 8.10. The van der Waals surface area contributed by atoms with Crippen molar-refractivity contribution in [1.29, 1.82) is 0 Å². The smallest absolute Gasteiger partial charge is 0.236 e. The molecule has 0 heterocycles. The molecule has 1 amide bonds. The van der Waals surface area contributed by atoms with Gasteiger partial charge in [0, 0.05) is 19.2 Å². The SMILES string of the molecule is CC(=O)N/N=C/C(C)N. The lowest BCUT2D eigenvalue weighted by atomic mass is 10.4. The minimum absolute atomic E-state index is 0.114. The van der Waals surface area contributed by atoms with E-state index in [9.17, 15) is 4.79 Å². The third-order valence-corrected chi connectivity index (χ3v) is 0.532. The number of hydrazone groups is 1. The maximum absolute atomic E-state index is 10.2. The number of nitrogens with one attached hydrogen (secondary N) is 1. The number of carbonyl (C=O) groups is 1. The summed E-state index contributed by atoms with van der Waals surface area (Å²) in [6.45, 7) is 3.16. The number of nitrogens with two attached hydrogens (primary N) is 1. The predicted octanol–water partition coefficient (Wildman–Crippen LogP) is -0.544. The van der Waals surface area contributed by atoms with Crippen LogP contribution in [0.4, 0.5) is 0 Å². The zero-order valence-electron chi connectivity index (χ0n) is 5.59. The van der Waals surface area contributed by atoms with Crippen LogP contribution in [0.5, 0.6) is 0 Å². The van der Waals surface area contributed by atoms with Crippen LogP contribution in [0, 0.1) is 0 Å². The van der Waals surface area contributed by atoms with Gasteiger partial charge in [0.2, 0.25) is 5.91 Å². The number of amides is 1. The highest BCUT2D eigenvalue weighted by Gasteiger charge is 1.85. The van der Waals surface area contributed by atoms with E-state index >= 15 is 0 Å². The molecule has 9 heavy (non-hydrogen) atoms. The first-order valence-corrected chi connectivity index (χ1v) is 2.68. The lowest BCUT2D eigenvalue weighted by Crippen LogP contribution is -2.20. The lowest BCUT2D eigenvalue weighted by molar-refractivity contribution is -0.118. The maximum atomic E-state index is 10.2. The van der Waals surface area contributed by atoms with Gasteiger partial charge in [-0.05, 0) is 6.92 Å². The average Bonchev–Trinajstić information content (AvgIpc) is 1.63. The lowest BCUT2D eigenvalue weighted by Gasteiger charge is -1.93. The van der Waals surface area contributed by atoms with Crippen molar-refractivity contribution in [3.05, 3.63) is 0 Å². The average molecular weight is 129 g/mol. The molecule has 0 aromatic heterocycles. The summed E-state index contributed by atoms with van der Waals surface area (Å²) >= 11 is 0. The molecule has 0 saturated carbocycles. The van der Waals surface area contributed by atoms with Crippen LogP contribution >= 0.6 is 0 Å². The van der Waals surface area contributed by atoms with Crippen LogP contribution in [0.25, 0.3) is 0 Å². The fraction of sp³-hybridized carbons (Fsp3) is 0.600. The van der Waals surface area contributed by atoms with Crippen molar-refractivity contribution < 1.29 is 4.79 Å². The Hall–Kier alpha value is -0.900. The molecule has 0 spiro atoms. The molecule has 1 atom stereocenters. The van der Waals surface area contributed by atoms with E-state index < -0.39 is 0 Å². The Kier molecular flexibility index (Phi) is 3.62. The third-order valence-electron chi connectivity index (χ3n) is 0.532. The summed E-state index contributed by atoms with van der Waals surface area (Å²) < 4.78 is 0. The van der Waals surface area contributed by atoms with Crippen molar-refractivity contribution in [3.8, 4) is 0 Å². The largest absolute Gasteiger partial charge is 0.323 e. The van der Waals surface area contributed by atoms with Crippen molar-refractivity contribution in [2.45, 2.75) is 19.9 Å². The number of hydrogen-bond acceptors (Lipinski definition) is 3. The monoisotopic (exact) mass is 129 g/mol. The van der Waals surface area contributed by atoms with Gasteiger partial charge in [0.1, 0.15) is 0 Å². The fourth-order valence-electron chi connectivity index (χ4n) is 0.246. The highest BCUT2D eigenvalue weighted by Crippen LogP contribution is 1.65. The van der Waals surface area contributed by atoms with Gasteiger partial charge in [0.25, 0.3) is 0 Å². The summed E-state index contributed by atoms with van der Waals surface area (Å²) in [5.74, 6) is -0.188. The van der Waals surface area contributed by atoms with Gasteiger partial charge in [-0.25, -0.2) is 5.43 Å². The summed E-state index contributed by atoms with van der Waals surface area (Å²) in [6, 6.07) is -0.114. The Labute approximate surface area is 54.1 Å². The molecule has 0 aliphatic carbocycles. The molecule has 4 nitrogen and oxygen atoms in total. The van der Waals surface area contributed by atoms with E-state index in [2.05, 4.69) is 10.5 Å². The van der Waals surface area contributed by atoms with Crippen LogP contribution in [0.2, 0.25) is 0 Å². The maximum Gasteiger partial charge on any atom is 0.236 e. The van der Waals surface area contributed by atoms with Gasteiger partial charge in [-0.2, -0.15) is 5.10 Å². The van der Waals surface area contributed by atoms with Gasteiger partial charge in [-0.15, -0.1) is 0 Å². The second-order valence-electron chi connectivity index (χ2n) is 1.81. The zero-order valence-corrected chi connectivity index (χ0v) is 5.59. The van der Waals surface area contributed by atoms with Crippen molar-refractivity contribution in [2.24, 2.45) is 10.8 Å². The molecule has 0 fully saturated rings. The van der Waals surface area contributed by atoms with E-state index in [-0.39, 0.29) is 11.9 Å². The van der Waals surface area contributed by atoms with E-state index in [4.69, 9.17) is 5.73 Å². The van der Waals surface area contributed by atoms with E-state index in [0.717, 1.165) is 0 Å². The van der Waals surface area contributed by atoms with Gasteiger partial charge in [0.05, 0.1) is 0 Å². The van der Waals surface area contributed by atoms with Crippen LogP contribution in [0.3, 0.4) is 0 Å². The van der Waals surface area contributed by atoms with Gasteiger partial charge in [-0.3, -0.25) is 4.79 Å².